The second kappa shape index (κ2) is 34.4. The number of rotatable bonds is 34. The lowest BCUT2D eigenvalue weighted by Gasteiger charge is -2.26. The number of thioether (sulfide) groups is 1. The number of nitrogens with zero attached hydrogens (tertiary/aromatic N) is 1. The van der Waals surface area contributed by atoms with Gasteiger partial charge in [-0.2, -0.15) is 11.8 Å². The Labute approximate surface area is 545 Å². The fourth-order valence-electron chi connectivity index (χ4n) is 10.0. The highest BCUT2D eigenvalue weighted by Crippen LogP contribution is 2.28. The van der Waals surface area contributed by atoms with Crippen LogP contribution in [0.4, 0.5) is 9.18 Å². The zero-order valence-corrected chi connectivity index (χ0v) is 57.4. The van der Waals surface area contributed by atoms with Crippen molar-refractivity contribution in [1.82, 2.24) is 20.5 Å². The first-order valence-electron chi connectivity index (χ1n) is 31.5. The van der Waals surface area contributed by atoms with Crippen LogP contribution in [0.25, 0.3) is 10.9 Å². The first-order chi connectivity index (χ1) is 42.7. The van der Waals surface area contributed by atoms with Crippen molar-refractivity contribution in [1.29, 1.82) is 0 Å². The Hall–Kier alpha value is -7.55. The molecule has 0 spiro atoms. The number of benzene rings is 3. The number of halogens is 1. The van der Waals surface area contributed by atoms with Crippen molar-refractivity contribution in [2.75, 3.05) is 12.0 Å². The lowest BCUT2D eigenvalue weighted by atomic mass is 9.88. The van der Waals surface area contributed by atoms with E-state index in [0.717, 1.165) is 0 Å². The van der Waals surface area contributed by atoms with Gasteiger partial charge in [-0.05, 0) is 175 Å². The van der Waals surface area contributed by atoms with E-state index in [0.29, 0.717) is 39.1 Å². The molecular weight excluding hydrogens is 1200 g/mol. The largest absolute Gasteiger partial charge is 0.488 e. The van der Waals surface area contributed by atoms with Gasteiger partial charge >= 0.3 is 18.0 Å². The van der Waals surface area contributed by atoms with Crippen molar-refractivity contribution in [3.05, 3.63) is 102 Å². The molecule has 0 fully saturated rings. The van der Waals surface area contributed by atoms with Gasteiger partial charge in [0.25, 0.3) is 0 Å². The molecule has 3 amide bonds. The fraction of sp³-hybridized carbons (Fsp3) is 0.563. The average molecular weight is 1300 g/mol. The number of ether oxygens (including phenoxy) is 4. The van der Waals surface area contributed by atoms with Crippen LogP contribution in [-0.2, 0) is 81.4 Å². The molecule has 0 aliphatic carbocycles. The van der Waals surface area contributed by atoms with Crippen LogP contribution in [0.3, 0.4) is 0 Å². The number of hydrogen-bond donors (Lipinski definition) is 3. The van der Waals surface area contributed by atoms with Crippen LogP contribution in [0.15, 0.2) is 79.0 Å². The number of carbonyl (C=O) groups is 11. The van der Waals surface area contributed by atoms with E-state index in [1.165, 1.54) is 53.7 Å². The highest BCUT2D eigenvalue weighted by molar-refractivity contribution is 7.98. The topological polar surface area (TPSA) is 266 Å². The van der Waals surface area contributed by atoms with Gasteiger partial charge in [-0.25, -0.2) is 9.18 Å². The number of carbonyl (C=O) groups excluding carboxylic acids is 11. The Kier molecular flexibility index (Phi) is 28.7. The van der Waals surface area contributed by atoms with Crippen molar-refractivity contribution in [2.45, 2.75) is 221 Å². The quantitative estimate of drug-likeness (QED) is 0.0290. The summed E-state index contributed by atoms with van der Waals surface area (Å²) in [6, 6.07) is 15.3. The van der Waals surface area contributed by atoms with E-state index in [1.807, 2.05) is 20.8 Å². The molecule has 3 N–H and O–H groups in total. The predicted octanol–water partition coefficient (Wildman–Crippen LogP) is 11.2. The number of Topliss-reactive ketones (excluding diaryl/α,β-unsaturated/α-hetero) is 5. The van der Waals surface area contributed by atoms with Gasteiger partial charge in [0.15, 0.2) is 17.3 Å². The Morgan fingerprint density at radius 1 is 0.522 bits per heavy atom. The van der Waals surface area contributed by atoms with Crippen LogP contribution in [0.1, 0.15) is 178 Å². The van der Waals surface area contributed by atoms with Gasteiger partial charge in [0, 0.05) is 80.2 Å². The summed E-state index contributed by atoms with van der Waals surface area (Å²) < 4.78 is 37.8. The van der Waals surface area contributed by atoms with Gasteiger partial charge < -0.3 is 34.9 Å². The Balaban J connectivity index is 1.68. The van der Waals surface area contributed by atoms with E-state index in [2.05, 4.69) is 16.0 Å². The van der Waals surface area contributed by atoms with Gasteiger partial charge in [0.05, 0.1) is 30.1 Å². The summed E-state index contributed by atoms with van der Waals surface area (Å²) in [7, 11) is 0. The zero-order valence-electron chi connectivity index (χ0n) is 56.6. The third kappa shape index (κ3) is 27.3. The maximum Gasteiger partial charge on any atom is 0.419 e. The molecule has 4 rings (SSSR count). The second-order valence-corrected chi connectivity index (χ2v) is 28.8. The molecular formula is C71H97FN4O15S. The third-order valence-electron chi connectivity index (χ3n) is 14.7. The fourth-order valence-corrected chi connectivity index (χ4v) is 10.6. The summed E-state index contributed by atoms with van der Waals surface area (Å²) in [5.41, 5.74) is -0.938. The molecule has 0 unspecified atom stereocenters. The van der Waals surface area contributed by atoms with Crippen molar-refractivity contribution in [3.8, 4) is 5.75 Å². The maximum atomic E-state index is 15.1. The van der Waals surface area contributed by atoms with Gasteiger partial charge in [-0.15, -0.1) is 0 Å². The summed E-state index contributed by atoms with van der Waals surface area (Å²) in [4.78, 5) is 153. The summed E-state index contributed by atoms with van der Waals surface area (Å²) in [6.45, 7) is 25.5. The predicted molar refractivity (Wildman–Crippen MR) is 351 cm³/mol. The van der Waals surface area contributed by atoms with Crippen molar-refractivity contribution < 1.29 is 76.1 Å². The van der Waals surface area contributed by atoms with Crippen LogP contribution >= 0.6 is 11.8 Å². The second-order valence-electron chi connectivity index (χ2n) is 27.8. The number of amides is 3. The molecule has 504 valence electrons. The van der Waals surface area contributed by atoms with Crippen LogP contribution < -0.4 is 20.7 Å². The number of aromatic nitrogens is 1. The SMILES string of the molecule is CSCC[C@H](CC(=O)[C@H](Cc1cn(C(=O)OC(C)(C)C)c2ccccc12)NC(=O)CCC(=O)[C@H](Cc1ccc(OC(C)(C)C)cc1)NC(=O)[C@H](C)CC(=O)[C@H](C)CCC(=O)OC(C)(C)C)C(=O)N[C@@H](CC(=O)OC(C)(C)C)C(=O)C[C@@H](Cc1ccc(F)cc1)C(C)=O. The molecule has 19 nitrogen and oxygen atoms in total. The third-order valence-corrected chi connectivity index (χ3v) is 15.4. The maximum absolute atomic E-state index is 15.1. The van der Waals surface area contributed by atoms with Crippen LogP contribution in [0, 0.1) is 29.5 Å². The molecule has 3 aromatic carbocycles. The van der Waals surface area contributed by atoms with E-state index < -0.39 is 155 Å². The van der Waals surface area contributed by atoms with Gasteiger partial charge in [-0.3, -0.25) is 52.5 Å². The van der Waals surface area contributed by atoms with Crippen LogP contribution in [0.5, 0.6) is 5.75 Å². The molecule has 0 aliphatic heterocycles. The molecule has 0 bridgehead atoms. The first-order valence-corrected chi connectivity index (χ1v) is 32.9. The Morgan fingerprint density at radius 3 is 1.65 bits per heavy atom. The minimum Gasteiger partial charge on any atom is -0.488 e. The van der Waals surface area contributed by atoms with E-state index in [9.17, 15) is 52.3 Å². The molecule has 0 aliphatic rings. The molecule has 0 saturated heterocycles. The van der Waals surface area contributed by atoms with Gasteiger partial charge in [0.1, 0.15) is 45.5 Å². The molecule has 4 aromatic rings. The molecule has 0 radical (unpaired) electrons. The minimum atomic E-state index is -1.50. The van der Waals surface area contributed by atoms with E-state index in [4.69, 9.17) is 18.9 Å². The van der Waals surface area contributed by atoms with Crippen LogP contribution in [-0.4, -0.2) is 122 Å². The Bertz CT molecular complexity index is 3240. The highest BCUT2D eigenvalue weighted by Gasteiger charge is 2.36. The highest BCUT2D eigenvalue weighted by atomic mass is 32.2. The lowest BCUT2D eigenvalue weighted by Crippen LogP contribution is -2.48. The number of ketones is 5. The normalized spacial score (nSPS) is 14.3. The standard InChI is InChI=1S/C71H97FN4O15S/c1-43(21-32-63(83)89-69(7,8)9)59(79)35-44(2)65(85)74-54(37-47-24-28-52(29-25-47)88-68(4,5)6)58(78)30-31-62(82)73-55(38-50-42-76(67(87)91-71(13,14)15)57-20-18-17-19-53(50)57)60(80)39-48(33-34-92-16)66(86)75-56(41-64(84)90-70(10,11)12)61(81)40-49(45(3)77)36-46-22-26-51(72)27-23-46/h17-20,22-29,42-44,48-49,54-56H,21,30-41H2,1-16H3,(H,73,82)(H,74,85)(H,75,86)/t43-,44-,48-,49-,54+,55+,56+/m1/s1. The summed E-state index contributed by atoms with van der Waals surface area (Å²) in [6.07, 6.45) is 0.212. The van der Waals surface area contributed by atoms with Crippen molar-refractivity contribution >= 4 is 87.3 Å². The van der Waals surface area contributed by atoms with Gasteiger partial charge in [-0.1, -0.05) is 56.3 Å². The van der Waals surface area contributed by atoms with Crippen LogP contribution in [0.2, 0.25) is 0 Å². The average Bonchev–Trinajstić information content (AvgIpc) is 1.64. The number of esters is 2. The zero-order chi connectivity index (χ0) is 69.1. The number of nitrogens with one attached hydrogen (secondary N) is 3. The van der Waals surface area contributed by atoms with E-state index >= 15 is 4.79 Å². The summed E-state index contributed by atoms with van der Waals surface area (Å²) in [5, 5.41) is 8.91. The lowest BCUT2D eigenvalue weighted by molar-refractivity contribution is -0.157. The smallest absolute Gasteiger partial charge is 0.419 e. The molecule has 21 heteroatoms. The monoisotopic (exact) mass is 1300 g/mol. The number of fused-ring (bicyclic) bond motifs is 1. The first kappa shape index (κ1) is 76.9. The van der Waals surface area contributed by atoms with E-state index in [-0.39, 0.29) is 56.5 Å². The number of para-hydroxylation sites is 1. The van der Waals surface area contributed by atoms with Gasteiger partial charge in [0.2, 0.25) is 17.7 Å². The molecule has 92 heavy (non-hydrogen) atoms. The van der Waals surface area contributed by atoms with Crippen molar-refractivity contribution in [2.24, 2.45) is 23.7 Å². The van der Waals surface area contributed by atoms with E-state index in [1.54, 1.807) is 131 Å². The summed E-state index contributed by atoms with van der Waals surface area (Å²) >= 11 is 1.39. The number of hydrogen-bond acceptors (Lipinski definition) is 16. The van der Waals surface area contributed by atoms with Crippen molar-refractivity contribution in [3.63, 3.8) is 0 Å². The molecule has 1 heterocycles. The molecule has 1 aromatic heterocycles. The Morgan fingerprint density at radius 2 is 1.07 bits per heavy atom. The summed E-state index contributed by atoms with van der Waals surface area (Å²) in [5.74, 6) is -8.85. The minimum absolute atomic E-state index is 0.00516. The molecule has 0 saturated carbocycles. The molecule has 7 atom stereocenters.